The topological polar surface area (TPSA) is 17.1 Å². The largest absolute Gasteiger partial charge is 0.294 e. The molecule has 80 valence electrons. The van der Waals surface area contributed by atoms with Gasteiger partial charge in [0.05, 0.1) is 0 Å². The van der Waals surface area contributed by atoms with Crippen molar-refractivity contribution in [3.8, 4) is 0 Å². The molecule has 0 atom stereocenters. The summed E-state index contributed by atoms with van der Waals surface area (Å²) in [4.78, 5) is 11.5. The molecule has 0 fully saturated rings. The van der Waals surface area contributed by atoms with E-state index in [1.807, 2.05) is 20.8 Å². The Bertz CT molecular complexity index is 386. The van der Waals surface area contributed by atoms with Gasteiger partial charge >= 0.3 is 0 Å². The first-order valence-corrected chi connectivity index (χ1v) is 4.88. The second-order valence-corrected chi connectivity index (χ2v) is 4.47. The van der Waals surface area contributed by atoms with E-state index in [0.717, 1.165) is 0 Å². The number of benzene rings is 1. The van der Waals surface area contributed by atoms with Crippen molar-refractivity contribution in [2.24, 2.45) is 5.41 Å². The quantitative estimate of drug-likeness (QED) is 0.677. The molecule has 0 saturated heterocycles. The lowest BCUT2D eigenvalue weighted by Crippen LogP contribution is -2.17. The predicted molar refractivity (Wildman–Crippen MR) is 59.9 cm³/mol. The average Bonchev–Trinajstić information content (AvgIpc) is 2.14. The number of carbonyl (C=O) groups excluding carboxylic acids is 1. The van der Waals surface area contributed by atoms with E-state index >= 15 is 0 Å². The number of carbonyl (C=O) groups is 1. The molecule has 0 saturated carbocycles. The molecule has 0 aliphatic carbocycles. The summed E-state index contributed by atoms with van der Waals surface area (Å²) in [7, 11) is 0. The fourth-order valence-corrected chi connectivity index (χ4v) is 1.03. The molecule has 0 aromatic heterocycles. The Kier molecular flexibility index (Phi) is 3.40. The summed E-state index contributed by atoms with van der Waals surface area (Å²) < 4.78 is 13.2. The van der Waals surface area contributed by atoms with Crippen LogP contribution in [0.3, 0.4) is 0 Å². The van der Waals surface area contributed by atoms with Crippen molar-refractivity contribution < 1.29 is 9.18 Å². The lowest BCUT2D eigenvalue weighted by atomic mass is 9.90. The van der Waals surface area contributed by atoms with Crippen molar-refractivity contribution in [1.82, 2.24) is 0 Å². The van der Waals surface area contributed by atoms with Crippen LogP contribution in [0.4, 0.5) is 4.39 Å². The minimum Gasteiger partial charge on any atom is -0.294 e. The summed E-state index contributed by atoms with van der Waals surface area (Å²) in [5, 5.41) is 0. The van der Waals surface area contributed by atoms with Crippen LogP contribution in [0, 0.1) is 11.2 Å². The molecule has 0 aliphatic heterocycles. The molecule has 0 unspecified atom stereocenters. The summed E-state index contributed by atoms with van der Waals surface area (Å²) in [6.45, 7) is 5.50. The Labute approximate surface area is 89.6 Å². The van der Waals surface area contributed by atoms with Crippen molar-refractivity contribution in [3.05, 3.63) is 41.7 Å². The van der Waals surface area contributed by atoms with Gasteiger partial charge in [0.25, 0.3) is 0 Å². The van der Waals surface area contributed by atoms with Gasteiger partial charge in [-0.15, -0.1) is 0 Å². The first-order chi connectivity index (χ1) is 6.91. The molecular formula is C13H15FO. The third kappa shape index (κ3) is 3.31. The van der Waals surface area contributed by atoms with E-state index in [0.29, 0.717) is 5.56 Å². The molecule has 1 rings (SSSR count). The van der Waals surface area contributed by atoms with E-state index in [1.54, 1.807) is 18.2 Å². The number of halogens is 1. The fourth-order valence-electron chi connectivity index (χ4n) is 1.03. The van der Waals surface area contributed by atoms with Crippen LogP contribution in [-0.2, 0) is 4.79 Å². The number of ketones is 1. The Balaban J connectivity index is 2.84. The van der Waals surface area contributed by atoms with Crippen LogP contribution < -0.4 is 0 Å². The molecular weight excluding hydrogens is 191 g/mol. The number of rotatable bonds is 2. The summed E-state index contributed by atoms with van der Waals surface area (Å²) in [6.07, 6.45) is 2.95. The highest BCUT2D eigenvalue weighted by atomic mass is 19.1. The van der Waals surface area contributed by atoms with Gasteiger partial charge in [0.15, 0.2) is 5.78 Å². The summed E-state index contributed by atoms with van der Waals surface area (Å²) >= 11 is 0. The molecule has 1 nitrogen and oxygen atoms in total. The summed E-state index contributed by atoms with van der Waals surface area (Å²) in [5.74, 6) is -0.318. The third-order valence-electron chi connectivity index (χ3n) is 2.06. The third-order valence-corrected chi connectivity index (χ3v) is 2.06. The predicted octanol–water partition coefficient (Wildman–Crippen LogP) is 3.45. The van der Waals surface area contributed by atoms with E-state index in [2.05, 4.69) is 0 Å². The average molecular weight is 206 g/mol. The van der Waals surface area contributed by atoms with E-state index in [4.69, 9.17) is 0 Å². The molecule has 0 radical (unpaired) electrons. The van der Waals surface area contributed by atoms with Crippen LogP contribution in [0.15, 0.2) is 30.3 Å². The number of hydrogen-bond acceptors (Lipinski definition) is 1. The molecule has 1 aromatic rings. The Morgan fingerprint density at radius 2 is 1.87 bits per heavy atom. The molecule has 2 heteroatoms. The van der Waals surface area contributed by atoms with Crippen molar-refractivity contribution in [1.29, 1.82) is 0 Å². The second-order valence-electron chi connectivity index (χ2n) is 4.47. The van der Waals surface area contributed by atoms with Gasteiger partial charge in [-0.3, -0.25) is 4.79 Å². The minimum atomic E-state index is -0.415. The minimum absolute atomic E-state index is 0.00856. The highest BCUT2D eigenvalue weighted by Gasteiger charge is 2.17. The van der Waals surface area contributed by atoms with Crippen LogP contribution in [0.1, 0.15) is 26.3 Å². The monoisotopic (exact) mass is 206 g/mol. The van der Waals surface area contributed by atoms with Crippen LogP contribution >= 0.6 is 0 Å². The highest BCUT2D eigenvalue weighted by Crippen LogP contribution is 2.16. The Morgan fingerprint density at radius 3 is 2.40 bits per heavy atom. The lowest BCUT2D eigenvalue weighted by molar-refractivity contribution is -0.121. The molecule has 15 heavy (non-hydrogen) atoms. The van der Waals surface area contributed by atoms with Crippen LogP contribution in [0.2, 0.25) is 0 Å². The van der Waals surface area contributed by atoms with Gasteiger partial charge in [0, 0.05) is 11.0 Å². The van der Waals surface area contributed by atoms with Gasteiger partial charge in [-0.05, 0) is 18.2 Å². The zero-order chi connectivity index (χ0) is 11.5. The van der Waals surface area contributed by atoms with Crippen molar-refractivity contribution in [3.63, 3.8) is 0 Å². The van der Waals surface area contributed by atoms with E-state index in [-0.39, 0.29) is 11.6 Å². The zero-order valence-corrected chi connectivity index (χ0v) is 9.25. The van der Waals surface area contributed by atoms with Gasteiger partial charge in [-0.2, -0.15) is 0 Å². The normalized spacial score (nSPS) is 12.0. The first-order valence-electron chi connectivity index (χ1n) is 4.88. The molecule has 1 aromatic carbocycles. The summed E-state index contributed by atoms with van der Waals surface area (Å²) in [6, 6.07) is 6.38. The van der Waals surface area contributed by atoms with Gasteiger partial charge in [0.1, 0.15) is 5.82 Å². The first kappa shape index (κ1) is 11.6. The SMILES string of the molecule is CC(C)(C)C(=O)/C=C\c1ccccc1F. The van der Waals surface area contributed by atoms with Gasteiger partial charge in [-0.1, -0.05) is 39.0 Å². The fraction of sp³-hybridized carbons (Fsp3) is 0.308. The second kappa shape index (κ2) is 4.39. The molecule has 0 amide bonds. The van der Waals surface area contributed by atoms with Gasteiger partial charge < -0.3 is 0 Å². The van der Waals surface area contributed by atoms with Crippen molar-refractivity contribution in [2.45, 2.75) is 20.8 Å². The van der Waals surface area contributed by atoms with Gasteiger partial charge in [-0.25, -0.2) is 4.39 Å². The molecule has 0 spiro atoms. The highest BCUT2D eigenvalue weighted by molar-refractivity contribution is 5.97. The standard InChI is InChI=1S/C13H15FO/c1-13(2,3)12(15)9-8-10-6-4-5-7-11(10)14/h4-9H,1-3H3/b9-8-. The maximum Gasteiger partial charge on any atom is 0.161 e. The van der Waals surface area contributed by atoms with Crippen molar-refractivity contribution in [2.75, 3.05) is 0 Å². The van der Waals surface area contributed by atoms with E-state index in [1.165, 1.54) is 18.2 Å². The van der Waals surface area contributed by atoms with Crippen molar-refractivity contribution >= 4 is 11.9 Å². The van der Waals surface area contributed by atoms with Crippen LogP contribution in [-0.4, -0.2) is 5.78 Å². The Morgan fingerprint density at radius 1 is 1.27 bits per heavy atom. The zero-order valence-electron chi connectivity index (χ0n) is 9.25. The molecule has 0 bridgehead atoms. The maximum absolute atomic E-state index is 13.2. The molecule has 0 N–H and O–H groups in total. The lowest BCUT2D eigenvalue weighted by Gasteiger charge is -2.12. The van der Waals surface area contributed by atoms with Crippen LogP contribution in [0.5, 0.6) is 0 Å². The van der Waals surface area contributed by atoms with Gasteiger partial charge in [0.2, 0.25) is 0 Å². The number of allylic oxidation sites excluding steroid dienone is 1. The Hall–Kier alpha value is -1.44. The van der Waals surface area contributed by atoms with Crippen LogP contribution in [0.25, 0.3) is 6.08 Å². The molecule has 0 heterocycles. The smallest absolute Gasteiger partial charge is 0.161 e. The molecule has 0 aliphatic rings. The van der Waals surface area contributed by atoms with E-state index in [9.17, 15) is 9.18 Å². The summed E-state index contributed by atoms with van der Waals surface area (Å²) in [5.41, 5.74) is 0.0250. The van der Waals surface area contributed by atoms with E-state index < -0.39 is 5.41 Å². The number of hydrogen-bond donors (Lipinski definition) is 0. The maximum atomic E-state index is 13.2.